The Morgan fingerprint density at radius 2 is 1.81 bits per heavy atom. The van der Waals surface area contributed by atoms with Crippen LogP contribution in [0.5, 0.6) is 0 Å². The van der Waals surface area contributed by atoms with Gasteiger partial charge in [-0.3, -0.25) is 0 Å². The van der Waals surface area contributed by atoms with Crippen LogP contribution in [0.15, 0.2) is 35.2 Å². The second-order valence-corrected chi connectivity index (χ2v) is 3.93. The average Bonchev–Trinajstić information content (AvgIpc) is 2.14. The van der Waals surface area contributed by atoms with Crippen molar-refractivity contribution >= 4 is 23.8 Å². The third-order valence-corrected chi connectivity index (χ3v) is 2.27. The first kappa shape index (κ1) is 12.6. The van der Waals surface area contributed by atoms with Gasteiger partial charge in [0.25, 0.3) is 0 Å². The van der Waals surface area contributed by atoms with Crippen LogP contribution in [0.3, 0.4) is 0 Å². The van der Waals surface area contributed by atoms with Gasteiger partial charge in [0.15, 0.2) is 0 Å². The fourth-order valence-electron chi connectivity index (χ4n) is 0.948. The number of alkyl halides is 3. The van der Waals surface area contributed by atoms with Gasteiger partial charge in [0.1, 0.15) is 0 Å². The molecule has 6 heteroatoms. The molecule has 1 aromatic rings. The normalized spacial score (nSPS) is 11.9. The molecule has 1 aromatic carbocycles. The molecule has 0 spiro atoms. The lowest BCUT2D eigenvalue weighted by Crippen LogP contribution is -1.98. The number of halogens is 3. The van der Waals surface area contributed by atoms with E-state index in [0.29, 0.717) is 5.56 Å². The zero-order valence-corrected chi connectivity index (χ0v) is 8.68. The zero-order chi connectivity index (χ0) is 12.2. The second kappa shape index (κ2) is 5.07. The molecule has 0 saturated heterocycles. The van der Waals surface area contributed by atoms with Crippen molar-refractivity contribution in [3.63, 3.8) is 0 Å². The molecular formula is C10H7F3O2S. The Labute approximate surface area is 93.8 Å². The topological polar surface area (TPSA) is 37.3 Å². The minimum atomic E-state index is -4.31. The predicted octanol–water partition coefficient (Wildman–Crippen LogP) is 3.40. The third-order valence-electron chi connectivity index (χ3n) is 1.53. The molecule has 1 rings (SSSR count). The van der Waals surface area contributed by atoms with Crippen LogP contribution in [0, 0.1) is 0 Å². The predicted molar refractivity (Wildman–Crippen MR) is 55.0 cm³/mol. The molecule has 0 aliphatic carbocycles. The molecule has 2 nitrogen and oxygen atoms in total. The van der Waals surface area contributed by atoms with E-state index in [4.69, 9.17) is 5.11 Å². The van der Waals surface area contributed by atoms with Crippen LogP contribution >= 0.6 is 11.8 Å². The Morgan fingerprint density at radius 3 is 2.25 bits per heavy atom. The summed E-state index contributed by atoms with van der Waals surface area (Å²) in [6, 6.07) is 5.43. The number of hydrogen-bond acceptors (Lipinski definition) is 2. The number of hydrogen-bond donors (Lipinski definition) is 1. The number of rotatable bonds is 3. The van der Waals surface area contributed by atoms with Crippen molar-refractivity contribution < 1.29 is 23.1 Å². The summed E-state index contributed by atoms with van der Waals surface area (Å²) in [6.07, 6.45) is 2.23. The highest BCUT2D eigenvalue weighted by Gasteiger charge is 2.28. The summed E-state index contributed by atoms with van der Waals surface area (Å²) in [5.74, 6) is -1.10. The number of carboxylic acids is 1. The van der Waals surface area contributed by atoms with Crippen LogP contribution in [-0.2, 0) is 4.79 Å². The summed E-state index contributed by atoms with van der Waals surface area (Å²) in [5.41, 5.74) is -3.77. The highest BCUT2D eigenvalue weighted by Crippen LogP contribution is 2.36. The maximum Gasteiger partial charge on any atom is 0.446 e. The molecule has 0 aromatic heterocycles. The van der Waals surface area contributed by atoms with E-state index in [9.17, 15) is 18.0 Å². The van der Waals surface area contributed by atoms with Gasteiger partial charge in [-0.05, 0) is 35.5 Å². The van der Waals surface area contributed by atoms with Crippen LogP contribution in [0.1, 0.15) is 5.56 Å². The van der Waals surface area contributed by atoms with Crippen molar-refractivity contribution in [1.29, 1.82) is 0 Å². The van der Waals surface area contributed by atoms with Crippen LogP contribution in [0.2, 0.25) is 0 Å². The highest BCUT2D eigenvalue weighted by molar-refractivity contribution is 8.00. The quantitative estimate of drug-likeness (QED) is 0.658. The van der Waals surface area contributed by atoms with Gasteiger partial charge in [-0.1, -0.05) is 12.1 Å². The van der Waals surface area contributed by atoms with Crippen LogP contribution in [0.25, 0.3) is 6.08 Å². The zero-order valence-electron chi connectivity index (χ0n) is 7.86. The standard InChI is InChI=1S/C10H7F3O2S/c11-10(12,13)16-8-4-1-7(2-5-8)3-6-9(14)15/h1-6H,(H,14,15). The summed E-state index contributed by atoms with van der Waals surface area (Å²) < 4.78 is 35.9. The highest BCUT2D eigenvalue weighted by atomic mass is 32.2. The summed E-state index contributed by atoms with van der Waals surface area (Å²) in [5, 5.41) is 8.34. The number of thioether (sulfide) groups is 1. The molecule has 0 heterocycles. The van der Waals surface area contributed by atoms with Crippen LogP contribution < -0.4 is 0 Å². The van der Waals surface area contributed by atoms with Crippen molar-refractivity contribution in [2.45, 2.75) is 10.4 Å². The minimum Gasteiger partial charge on any atom is -0.478 e. The van der Waals surface area contributed by atoms with Gasteiger partial charge in [-0.2, -0.15) is 13.2 Å². The largest absolute Gasteiger partial charge is 0.478 e. The van der Waals surface area contributed by atoms with E-state index < -0.39 is 11.5 Å². The molecule has 0 fully saturated rings. The van der Waals surface area contributed by atoms with Crippen LogP contribution in [-0.4, -0.2) is 16.6 Å². The summed E-state index contributed by atoms with van der Waals surface area (Å²) in [4.78, 5) is 10.3. The maximum atomic E-state index is 12.0. The Balaban J connectivity index is 2.72. The van der Waals surface area contributed by atoms with Gasteiger partial charge in [0.05, 0.1) is 0 Å². The van der Waals surface area contributed by atoms with E-state index in [-0.39, 0.29) is 16.7 Å². The van der Waals surface area contributed by atoms with E-state index in [2.05, 4.69) is 0 Å². The Kier molecular flexibility index (Phi) is 4.00. The molecule has 1 N–H and O–H groups in total. The van der Waals surface area contributed by atoms with Crippen LogP contribution in [0.4, 0.5) is 13.2 Å². The van der Waals surface area contributed by atoms with E-state index in [1.54, 1.807) is 0 Å². The molecule has 0 unspecified atom stereocenters. The Hall–Kier alpha value is -1.43. The SMILES string of the molecule is O=C(O)C=Cc1ccc(SC(F)(F)F)cc1. The second-order valence-electron chi connectivity index (χ2n) is 2.79. The van der Waals surface area contributed by atoms with Crippen molar-refractivity contribution in [1.82, 2.24) is 0 Å². The first-order valence-electron chi connectivity index (χ1n) is 4.13. The molecule has 0 saturated carbocycles. The molecule has 0 aliphatic rings. The molecule has 0 radical (unpaired) electrons. The molecule has 0 bridgehead atoms. The van der Waals surface area contributed by atoms with Gasteiger partial charge in [0.2, 0.25) is 0 Å². The third kappa shape index (κ3) is 4.88. The Morgan fingerprint density at radius 1 is 1.25 bits per heavy atom. The summed E-state index contributed by atoms with van der Waals surface area (Å²) in [6.45, 7) is 0. The summed E-state index contributed by atoms with van der Waals surface area (Å²) in [7, 11) is 0. The number of carbonyl (C=O) groups is 1. The lowest BCUT2D eigenvalue weighted by molar-refractivity contribution is -0.131. The molecular weight excluding hydrogens is 241 g/mol. The molecule has 0 amide bonds. The number of aliphatic carboxylic acids is 1. The van der Waals surface area contributed by atoms with Gasteiger partial charge in [0, 0.05) is 11.0 Å². The van der Waals surface area contributed by atoms with E-state index in [1.165, 1.54) is 30.3 Å². The van der Waals surface area contributed by atoms with Gasteiger partial charge >= 0.3 is 11.5 Å². The first-order valence-corrected chi connectivity index (χ1v) is 4.95. The van der Waals surface area contributed by atoms with E-state index in [1.807, 2.05) is 0 Å². The molecule has 86 valence electrons. The van der Waals surface area contributed by atoms with Gasteiger partial charge < -0.3 is 5.11 Å². The van der Waals surface area contributed by atoms with Crippen molar-refractivity contribution in [3.05, 3.63) is 35.9 Å². The van der Waals surface area contributed by atoms with Crippen molar-refractivity contribution in [2.24, 2.45) is 0 Å². The smallest absolute Gasteiger partial charge is 0.446 e. The molecule has 16 heavy (non-hydrogen) atoms. The fraction of sp³-hybridized carbons (Fsp3) is 0.100. The van der Waals surface area contributed by atoms with Crippen molar-refractivity contribution in [3.8, 4) is 0 Å². The Bertz CT molecular complexity index is 396. The minimum absolute atomic E-state index is 0.0694. The average molecular weight is 248 g/mol. The lowest BCUT2D eigenvalue weighted by Gasteiger charge is -2.04. The van der Waals surface area contributed by atoms with Gasteiger partial charge in [-0.25, -0.2) is 4.79 Å². The van der Waals surface area contributed by atoms with E-state index >= 15 is 0 Å². The molecule has 0 atom stereocenters. The van der Waals surface area contributed by atoms with Gasteiger partial charge in [-0.15, -0.1) is 0 Å². The first-order chi connectivity index (χ1) is 7.37. The van der Waals surface area contributed by atoms with E-state index in [0.717, 1.165) is 6.08 Å². The molecule has 0 aliphatic heterocycles. The lowest BCUT2D eigenvalue weighted by atomic mass is 10.2. The van der Waals surface area contributed by atoms with Crippen molar-refractivity contribution in [2.75, 3.05) is 0 Å². The monoisotopic (exact) mass is 248 g/mol. The summed E-state index contributed by atoms with van der Waals surface area (Å²) >= 11 is -0.207. The fourth-order valence-corrected chi connectivity index (χ4v) is 1.49. The maximum absolute atomic E-state index is 12.0. The number of carboxylic acid groups (broad SMARTS) is 1. The number of benzene rings is 1.